The second-order valence-corrected chi connectivity index (χ2v) is 10.2. The lowest BCUT2D eigenvalue weighted by molar-refractivity contribution is -0.120. The maximum Gasteiger partial charge on any atom is 0.243 e. The topological polar surface area (TPSA) is 66.5 Å². The lowest BCUT2D eigenvalue weighted by Gasteiger charge is -2.30. The molecule has 0 bridgehead atoms. The summed E-state index contributed by atoms with van der Waals surface area (Å²) in [5, 5.41) is 3.57. The van der Waals surface area contributed by atoms with Gasteiger partial charge in [0.15, 0.2) is 0 Å². The first kappa shape index (κ1) is 21.8. The molecule has 1 aliphatic rings. The highest BCUT2D eigenvalue weighted by Gasteiger charge is 2.32. The summed E-state index contributed by atoms with van der Waals surface area (Å²) in [4.78, 5) is 12.9. The van der Waals surface area contributed by atoms with Crippen LogP contribution in [0, 0.1) is 12.8 Å². The van der Waals surface area contributed by atoms with Crippen molar-refractivity contribution in [3.8, 4) is 0 Å². The predicted octanol–water partition coefficient (Wildman–Crippen LogP) is 4.81. The number of aryl methyl sites for hydroxylation is 1. The van der Waals surface area contributed by atoms with Crippen LogP contribution < -0.4 is 5.32 Å². The predicted molar refractivity (Wildman–Crippen MR) is 117 cm³/mol. The van der Waals surface area contributed by atoms with Gasteiger partial charge in [0.05, 0.1) is 4.90 Å². The molecule has 1 heterocycles. The second kappa shape index (κ2) is 8.86. The normalized spacial score (nSPS) is 16.2. The molecule has 1 N–H and O–H groups in total. The molecule has 0 unspecified atom stereocenters. The van der Waals surface area contributed by atoms with Crippen molar-refractivity contribution in [1.29, 1.82) is 0 Å². The van der Waals surface area contributed by atoms with Gasteiger partial charge in [0.1, 0.15) is 0 Å². The van der Waals surface area contributed by atoms with Gasteiger partial charge in [0.25, 0.3) is 0 Å². The molecular weight excluding hydrogens is 408 g/mol. The summed E-state index contributed by atoms with van der Waals surface area (Å²) in [7, 11) is -3.54. The van der Waals surface area contributed by atoms with E-state index in [4.69, 9.17) is 11.6 Å². The number of amides is 1. The van der Waals surface area contributed by atoms with Gasteiger partial charge in [-0.3, -0.25) is 4.79 Å². The zero-order valence-corrected chi connectivity index (χ0v) is 18.6. The van der Waals surface area contributed by atoms with E-state index in [1.807, 2.05) is 19.1 Å². The van der Waals surface area contributed by atoms with Crippen LogP contribution in [0.1, 0.15) is 43.7 Å². The lowest BCUT2D eigenvalue weighted by atomic mass is 9.97. The molecule has 156 valence electrons. The Morgan fingerprint density at radius 1 is 1.10 bits per heavy atom. The zero-order chi connectivity index (χ0) is 21.2. The molecule has 0 saturated carbocycles. The standard InChI is InChI=1S/C22H27ClN2O3S/c1-15(2)17-4-7-20(8-5-17)29(27,28)25-12-10-18(11-13-25)22(26)24-21-9-6-19(23)14-16(21)3/h4-9,14-15,18H,10-13H2,1-3H3,(H,24,26). The van der Waals surface area contributed by atoms with E-state index < -0.39 is 10.0 Å². The van der Waals surface area contributed by atoms with E-state index in [0.29, 0.717) is 41.8 Å². The van der Waals surface area contributed by atoms with Gasteiger partial charge < -0.3 is 5.32 Å². The van der Waals surface area contributed by atoms with Gasteiger partial charge in [-0.05, 0) is 67.1 Å². The van der Waals surface area contributed by atoms with Crippen molar-refractivity contribution in [2.45, 2.75) is 44.4 Å². The van der Waals surface area contributed by atoms with Gasteiger partial charge in [0, 0.05) is 29.7 Å². The molecule has 0 aromatic heterocycles. The molecule has 2 aromatic carbocycles. The molecular formula is C22H27ClN2O3S. The number of carbonyl (C=O) groups is 1. The minimum Gasteiger partial charge on any atom is -0.326 e. The van der Waals surface area contributed by atoms with E-state index in [1.54, 1.807) is 30.3 Å². The maximum absolute atomic E-state index is 12.9. The Hall–Kier alpha value is -1.89. The van der Waals surface area contributed by atoms with Crippen molar-refractivity contribution < 1.29 is 13.2 Å². The molecule has 7 heteroatoms. The number of nitrogens with one attached hydrogen (secondary N) is 1. The largest absolute Gasteiger partial charge is 0.326 e. The van der Waals surface area contributed by atoms with E-state index in [1.165, 1.54) is 4.31 Å². The first-order chi connectivity index (χ1) is 13.7. The second-order valence-electron chi connectivity index (χ2n) is 7.85. The molecule has 1 saturated heterocycles. The average Bonchev–Trinajstić information content (AvgIpc) is 2.70. The van der Waals surface area contributed by atoms with Gasteiger partial charge in [-0.1, -0.05) is 37.6 Å². The van der Waals surface area contributed by atoms with Crippen molar-refractivity contribution in [3.63, 3.8) is 0 Å². The SMILES string of the molecule is Cc1cc(Cl)ccc1NC(=O)C1CCN(S(=O)(=O)c2ccc(C(C)C)cc2)CC1. The summed E-state index contributed by atoms with van der Waals surface area (Å²) in [6, 6.07) is 12.4. The smallest absolute Gasteiger partial charge is 0.243 e. The summed E-state index contributed by atoms with van der Waals surface area (Å²) in [5.74, 6) is 0.0684. The number of hydrogen-bond donors (Lipinski definition) is 1. The van der Waals surface area contributed by atoms with E-state index in [0.717, 1.165) is 16.8 Å². The Morgan fingerprint density at radius 3 is 2.28 bits per heavy atom. The van der Waals surface area contributed by atoms with Crippen molar-refractivity contribution in [2.24, 2.45) is 5.92 Å². The van der Waals surface area contributed by atoms with Gasteiger partial charge in [-0.25, -0.2) is 8.42 Å². The Labute approximate surface area is 178 Å². The molecule has 3 rings (SSSR count). The number of anilines is 1. The minimum absolute atomic E-state index is 0.0752. The van der Waals surface area contributed by atoms with Gasteiger partial charge in [0.2, 0.25) is 15.9 Å². The third kappa shape index (κ3) is 5.00. The maximum atomic E-state index is 12.9. The summed E-state index contributed by atoms with van der Waals surface area (Å²) in [6.45, 7) is 6.72. The fourth-order valence-corrected chi connectivity index (χ4v) is 5.23. The third-order valence-corrected chi connectivity index (χ3v) is 7.60. The van der Waals surface area contributed by atoms with Crippen LogP contribution in [0.15, 0.2) is 47.4 Å². The highest BCUT2D eigenvalue weighted by molar-refractivity contribution is 7.89. The number of nitrogens with zero attached hydrogens (tertiary/aromatic N) is 1. The molecule has 2 aromatic rings. The molecule has 0 aliphatic carbocycles. The monoisotopic (exact) mass is 434 g/mol. The number of halogens is 1. The lowest BCUT2D eigenvalue weighted by Crippen LogP contribution is -2.41. The third-order valence-electron chi connectivity index (χ3n) is 5.46. The summed E-state index contributed by atoms with van der Waals surface area (Å²) < 4.78 is 27.3. The average molecular weight is 435 g/mol. The number of sulfonamides is 1. The Morgan fingerprint density at radius 2 is 1.72 bits per heavy atom. The first-order valence-corrected chi connectivity index (χ1v) is 11.7. The molecule has 1 aliphatic heterocycles. The molecule has 0 radical (unpaired) electrons. The first-order valence-electron chi connectivity index (χ1n) is 9.85. The van der Waals surface area contributed by atoms with Crippen LogP contribution in [-0.4, -0.2) is 31.7 Å². The summed E-state index contributed by atoms with van der Waals surface area (Å²) in [6.07, 6.45) is 1.00. The Balaban J connectivity index is 1.62. The van der Waals surface area contributed by atoms with Gasteiger partial charge in [-0.15, -0.1) is 0 Å². The fourth-order valence-electron chi connectivity index (χ4n) is 3.53. The highest BCUT2D eigenvalue weighted by Crippen LogP contribution is 2.27. The number of carbonyl (C=O) groups excluding carboxylic acids is 1. The molecule has 5 nitrogen and oxygen atoms in total. The molecule has 1 fully saturated rings. The van der Waals surface area contributed by atoms with Crippen molar-refractivity contribution in [2.75, 3.05) is 18.4 Å². The van der Waals surface area contributed by atoms with Crippen LogP contribution in [0.3, 0.4) is 0 Å². The highest BCUT2D eigenvalue weighted by atomic mass is 35.5. The van der Waals surface area contributed by atoms with Crippen LogP contribution in [0.2, 0.25) is 5.02 Å². The fraction of sp³-hybridized carbons (Fsp3) is 0.409. The molecule has 1 amide bonds. The zero-order valence-electron chi connectivity index (χ0n) is 17.0. The van der Waals surface area contributed by atoms with Crippen molar-refractivity contribution in [1.82, 2.24) is 4.31 Å². The number of piperidine rings is 1. The van der Waals surface area contributed by atoms with Crippen LogP contribution in [-0.2, 0) is 14.8 Å². The van der Waals surface area contributed by atoms with Gasteiger partial charge in [-0.2, -0.15) is 4.31 Å². The number of benzene rings is 2. The van der Waals surface area contributed by atoms with Crippen molar-refractivity contribution in [3.05, 3.63) is 58.6 Å². The molecule has 29 heavy (non-hydrogen) atoms. The van der Waals surface area contributed by atoms with Crippen molar-refractivity contribution >= 4 is 33.2 Å². The molecule has 0 atom stereocenters. The van der Waals surface area contributed by atoms with Crippen LogP contribution in [0.5, 0.6) is 0 Å². The van der Waals surface area contributed by atoms with E-state index >= 15 is 0 Å². The van der Waals surface area contributed by atoms with Crippen LogP contribution in [0.25, 0.3) is 0 Å². The minimum atomic E-state index is -3.54. The molecule has 0 spiro atoms. The van der Waals surface area contributed by atoms with E-state index in [9.17, 15) is 13.2 Å². The van der Waals surface area contributed by atoms with Crippen LogP contribution in [0.4, 0.5) is 5.69 Å². The summed E-state index contributed by atoms with van der Waals surface area (Å²) in [5.41, 5.74) is 2.74. The van der Waals surface area contributed by atoms with Gasteiger partial charge >= 0.3 is 0 Å². The number of rotatable bonds is 5. The Kier molecular flexibility index (Phi) is 6.66. The number of hydrogen-bond acceptors (Lipinski definition) is 3. The van der Waals surface area contributed by atoms with E-state index in [-0.39, 0.29) is 11.8 Å². The Bertz CT molecular complexity index is 980. The quantitative estimate of drug-likeness (QED) is 0.734. The van der Waals surface area contributed by atoms with E-state index in [2.05, 4.69) is 19.2 Å². The van der Waals surface area contributed by atoms with Crippen LogP contribution >= 0.6 is 11.6 Å². The summed E-state index contributed by atoms with van der Waals surface area (Å²) >= 11 is 5.96.